The van der Waals surface area contributed by atoms with Crippen molar-refractivity contribution in [3.63, 3.8) is 0 Å². The largest absolute Gasteiger partial charge is 0.391 e. The minimum Gasteiger partial charge on any atom is -0.391 e. The van der Waals surface area contributed by atoms with Crippen molar-refractivity contribution in [2.45, 2.75) is 12.5 Å². The Hall–Kier alpha value is -0.120. The maximum Gasteiger partial charge on any atom is 0.146 e. The van der Waals surface area contributed by atoms with Gasteiger partial charge in [0, 0.05) is 0 Å². The molecule has 1 heterocycles. The van der Waals surface area contributed by atoms with Crippen molar-refractivity contribution in [3.8, 4) is 0 Å². The van der Waals surface area contributed by atoms with Crippen LogP contribution in [0.2, 0.25) is 0 Å². The number of ether oxygens (including phenoxy) is 2. The van der Waals surface area contributed by atoms with Gasteiger partial charge in [-0.3, -0.25) is 0 Å². The molecule has 1 unspecified atom stereocenters. The minimum absolute atomic E-state index is 0.322. The van der Waals surface area contributed by atoms with E-state index in [0.717, 1.165) is 0 Å². The second-order valence-corrected chi connectivity index (χ2v) is 1.84. The molecule has 1 aliphatic rings. The smallest absolute Gasteiger partial charge is 0.146 e. The molecule has 0 aromatic heterocycles. The molecule has 0 saturated carbocycles. The SMILES string of the molecule is OC1CCOCOC1. The van der Waals surface area contributed by atoms with E-state index in [-0.39, 0.29) is 6.10 Å². The normalized spacial score (nSPS) is 31.9. The lowest BCUT2D eigenvalue weighted by Crippen LogP contribution is -2.12. The summed E-state index contributed by atoms with van der Waals surface area (Å²) in [4.78, 5) is 0. The summed E-state index contributed by atoms with van der Waals surface area (Å²) in [5, 5.41) is 8.88. The van der Waals surface area contributed by atoms with Gasteiger partial charge >= 0.3 is 0 Å². The Bertz CT molecular complexity index is 56.7. The molecular weight excluding hydrogens is 108 g/mol. The Kier molecular flexibility index (Phi) is 2.27. The van der Waals surface area contributed by atoms with Gasteiger partial charge in [-0.1, -0.05) is 0 Å². The third-order valence-electron chi connectivity index (χ3n) is 1.07. The van der Waals surface area contributed by atoms with E-state index in [2.05, 4.69) is 0 Å². The van der Waals surface area contributed by atoms with E-state index >= 15 is 0 Å². The summed E-state index contributed by atoms with van der Waals surface area (Å²) in [5.41, 5.74) is 0. The van der Waals surface area contributed by atoms with Crippen LogP contribution < -0.4 is 0 Å². The van der Waals surface area contributed by atoms with Crippen LogP contribution in [0.4, 0.5) is 0 Å². The fourth-order valence-electron chi connectivity index (χ4n) is 0.605. The first kappa shape index (κ1) is 6.01. The molecular formula is C5H10O3. The van der Waals surface area contributed by atoms with E-state index < -0.39 is 0 Å². The van der Waals surface area contributed by atoms with E-state index in [9.17, 15) is 0 Å². The monoisotopic (exact) mass is 118 g/mol. The van der Waals surface area contributed by atoms with Gasteiger partial charge in [0.15, 0.2) is 0 Å². The van der Waals surface area contributed by atoms with Crippen LogP contribution >= 0.6 is 0 Å². The predicted octanol–water partition coefficient (Wildman–Crippen LogP) is -0.258. The molecule has 0 amide bonds. The number of hydrogen-bond donors (Lipinski definition) is 1. The molecule has 0 aromatic rings. The third kappa shape index (κ3) is 1.78. The highest BCUT2D eigenvalue weighted by atomic mass is 16.7. The van der Waals surface area contributed by atoms with Crippen LogP contribution in [0.25, 0.3) is 0 Å². The quantitative estimate of drug-likeness (QED) is 0.476. The Morgan fingerprint density at radius 1 is 1.38 bits per heavy atom. The zero-order chi connectivity index (χ0) is 5.82. The summed E-state index contributed by atoms with van der Waals surface area (Å²) in [6, 6.07) is 0. The second kappa shape index (κ2) is 3.02. The molecule has 1 saturated heterocycles. The Morgan fingerprint density at radius 2 is 2.25 bits per heavy atom. The first-order chi connectivity index (χ1) is 3.89. The van der Waals surface area contributed by atoms with Crippen LogP contribution in [-0.2, 0) is 9.47 Å². The highest BCUT2D eigenvalue weighted by Gasteiger charge is 2.07. The lowest BCUT2D eigenvalue weighted by atomic mass is 10.3. The molecule has 3 heteroatoms. The first-order valence-electron chi connectivity index (χ1n) is 2.73. The van der Waals surface area contributed by atoms with Crippen LogP contribution in [0.5, 0.6) is 0 Å². The van der Waals surface area contributed by atoms with Crippen molar-refractivity contribution in [2.75, 3.05) is 20.0 Å². The van der Waals surface area contributed by atoms with Crippen LogP contribution in [0.15, 0.2) is 0 Å². The van der Waals surface area contributed by atoms with E-state index in [4.69, 9.17) is 14.6 Å². The first-order valence-corrected chi connectivity index (χ1v) is 2.73. The maximum atomic E-state index is 8.88. The van der Waals surface area contributed by atoms with Crippen molar-refractivity contribution in [2.24, 2.45) is 0 Å². The third-order valence-corrected chi connectivity index (χ3v) is 1.07. The van der Waals surface area contributed by atoms with Crippen LogP contribution in [-0.4, -0.2) is 31.2 Å². The standard InChI is InChI=1S/C5H10O3/c6-5-1-2-7-4-8-3-5/h5-6H,1-4H2. The lowest BCUT2D eigenvalue weighted by molar-refractivity contribution is -0.0420. The Labute approximate surface area is 48.2 Å². The number of hydrogen-bond acceptors (Lipinski definition) is 3. The molecule has 1 rings (SSSR count). The summed E-state index contributed by atoms with van der Waals surface area (Å²) < 4.78 is 9.72. The molecule has 8 heavy (non-hydrogen) atoms. The van der Waals surface area contributed by atoms with Crippen LogP contribution in [0.1, 0.15) is 6.42 Å². The van der Waals surface area contributed by atoms with Crippen LogP contribution in [0, 0.1) is 0 Å². The fourth-order valence-corrected chi connectivity index (χ4v) is 0.605. The summed E-state index contributed by atoms with van der Waals surface area (Å²) in [7, 11) is 0. The van der Waals surface area contributed by atoms with E-state index in [1.807, 2.05) is 0 Å². The van der Waals surface area contributed by atoms with Crippen molar-refractivity contribution in [1.29, 1.82) is 0 Å². The summed E-state index contributed by atoms with van der Waals surface area (Å²) in [6.45, 7) is 1.36. The molecule has 1 atom stereocenters. The Balaban J connectivity index is 2.17. The van der Waals surface area contributed by atoms with Gasteiger partial charge < -0.3 is 14.6 Å². The predicted molar refractivity (Wildman–Crippen MR) is 27.4 cm³/mol. The zero-order valence-electron chi connectivity index (χ0n) is 4.67. The molecule has 48 valence electrons. The van der Waals surface area contributed by atoms with Gasteiger partial charge in [0.1, 0.15) is 6.79 Å². The van der Waals surface area contributed by atoms with E-state index in [1.54, 1.807) is 0 Å². The molecule has 0 radical (unpaired) electrons. The van der Waals surface area contributed by atoms with Gasteiger partial charge in [-0.25, -0.2) is 0 Å². The molecule has 1 aliphatic heterocycles. The van der Waals surface area contributed by atoms with Gasteiger partial charge in [-0.05, 0) is 6.42 Å². The van der Waals surface area contributed by atoms with Crippen molar-refractivity contribution in [1.82, 2.24) is 0 Å². The number of rotatable bonds is 0. The summed E-state index contributed by atoms with van der Waals surface area (Å²) in [5.74, 6) is 0. The number of aliphatic hydroxyl groups excluding tert-OH is 1. The van der Waals surface area contributed by atoms with Crippen molar-refractivity contribution < 1.29 is 14.6 Å². The molecule has 0 spiro atoms. The van der Waals surface area contributed by atoms with Gasteiger partial charge in [-0.15, -0.1) is 0 Å². The van der Waals surface area contributed by atoms with Gasteiger partial charge in [0.25, 0.3) is 0 Å². The van der Waals surface area contributed by atoms with Gasteiger partial charge in [0.2, 0.25) is 0 Å². The summed E-state index contributed by atoms with van der Waals surface area (Å²) >= 11 is 0. The number of aliphatic hydroxyl groups is 1. The fraction of sp³-hybridized carbons (Fsp3) is 1.00. The average molecular weight is 118 g/mol. The molecule has 1 fully saturated rings. The Morgan fingerprint density at radius 3 is 3.12 bits per heavy atom. The molecule has 0 bridgehead atoms. The van der Waals surface area contributed by atoms with Gasteiger partial charge in [-0.2, -0.15) is 0 Å². The zero-order valence-corrected chi connectivity index (χ0v) is 4.67. The van der Waals surface area contributed by atoms with Gasteiger partial charge in [0.05, 0.1) is 19.3 Å². The highest BCUT2D eigenvalue weighted by Crippen LogP contribution is 1.98. The second-order valence-electron chi connectivity index (χ2n) is 1.84. The van der Waals surface area contributed by atoms with Crippen molar-refractivity contribution >= 4 is 0 Å². The average Bonchev–Trinajstić information content (AvgIpc) is 1.94. The molecule has 0 aliphatic carbocycles. The highest BCUT2D eigenvalue weighted by molar-refractivity contribution is 4.53. The lowest BCUT2D eigenvalue weighted by Gasteiger charge is -2.00. The topological polar surface area (TPSA) is 38.7 Å². The molecule has 0 aromatic carbocycles. The van der Waals surface area contributed by atoms with Crippen LogP contribution in [0.3, 0.4) is 0 Å². The molecule has 3 nitrogen and oxygen atoms in total. The minimum atomic E-state index is -0.322. The van der Waals surface area contributed by atoms with Crippen molar-refractivity contribution in [3.05, 3.63) is 0 Å². The summed E-state index contributed by atoms with van der Waals surface area (Å²) in [6.07, 6.45) is 0.373. The maximum absolute atomic E-state index is 8.88. The van der Waals surface area contributed by atoms with E-state index in [0.29, 0.717) is 26.4 Å². The molecule has 1 N–H and O–H groups in total. The van der Waals surface area contributed by atoms with E-state index in [1.165, 1.54) is 0 Å².